The lowest BCUT2D eigenvalue weighted by atomic mass is 9.80. The number of carbonyl (C=O) groups excluding carboxylic acids is 1. The second-order valence-corrected chi connectivity index (χ2v) is 8.91. The Morgan fingerprint density at radius 2 is 1.83 bits per heavy atom. The van der Waals surface area contributed by atoms with Crippen LogP contribution in [0.15, 0.2) is 48.7 Å². The maximum absolute atomic E-state index is 14.1. The van der Waals surface area contributed by atoms with Gasteiger partial charge in [0, 0.05) is 22.6 Å². The number of halogens is 2. The Morgan fingerprint density at radius 1 is 1.11 bits per heavy atom. The first-order valence-corrected chi connectivity index (χ1v) is 11.4. The number of carboxylic acids is 1. The first-order valence-electron chi connectivity index (χ1n) is 11.4. The first kappa shape index (κ1) is 24.6. The van der Waals surface area contributed by atoms with Gasteiger partial charge in [0.05, 0.1) is 17.2 Å². The number of hydrogen-bond acceptors (Lipinski definition) is 4. The van der Waals surface area contributed by atoms with Gasteiger partial charge in [-0.15, -0.1) is 12.4 Å². The number of amides is 1. The summed E-state index contributed by atoms with van der Waals surface area (Å²) in [5.74, 6) is -1.33. The van der Waals surface area contributed by atoms with Gasteiger partial charge < -0.3 is 15.0 Å². The fourth-order valence-corrected chi connectivity index (χ4v) is 5.19. The molecule has 35 heavy (non-hydrogen) atoms. The number of carboxylic acid groups (broad SMARTS) is 1. The van der Waals surface area contributed by atoms with Gasteiger partial charge in [-0.1, -0.05) is 12.1 Å². The Hall–Kier alpha value is -3.52. The van der Waals surface area contributed by atoms with Crippen molar-refractivity contribution in [2.75, 3.05) is 0 Å². The van der Waals surface area contributed by atoms with Crippen LogP contribution in [0.1, 0.15) is 53.3 Å². The van der Waals surface area contributed by atoms with Crippen LogP contribution in [-0.4, -0.2) is 37.6 Å². The third-order valence-electron chi connectivity index (χ3n) is 6.78. The molecule has 1 aliphatic carbocycles. The summed E-state index contributed by atoms with van der Waals surface area (Å²) in [5.41, 5.74) is 4.33. The lowest BCUT2D eigenvalue weighted by molar-refractivity contribution is -0.137. The standard InChI is InChI=1S/C26H25FN4O3.ClH/c1-15-25(19-12-17(27)8-11-23(19)31(15)14-24(32)33)16-6-9-18(10-7-16)29-26(34)22-13-28-20-4-2-3-5-21(20)30-22;/h2-5,8,11-13,16,18H,6-7,9-10,14H2,1H3,(H,29,34)(H,32,33);1H. The summed E-state index contributed by atoms with van der Waals surface area (Å²) in [7, 11) is 0. The molecule has 2 N–H and O–H groups in total. The van der Waals surface area contributed by atoms with Crippen LogP contribution in [0.4, 0.5) is 4.39 Å². The largest absolute Gasteiger partial charge is 0.480 e. The predicted octanol–water partition coefficient (Wildman–Crippen LogP) is 4.99. The SMILES string of the molecule is Cc1c(C2CCC(NC(=O)c3cnc4ccccc4n3)CC2)c2cc(F)ccc2n1CC(=O)O.Cl. The van der Waals surface area contributed by atoms with Gasteiger partial charge in [-0.05, 0) is 74.4 Å². The number of carbonyl (C=O) groups is 2. The van der Waals surface area contributed by atoms with Crippen molar-refractivity contribution in [3.8, 4) is 0 Å². The highest BCUT2D eigenvalue weighted by Gasteiger charge is 2.29. The molecule has 0 saturated heterocycles. The number of hydrogen-bond donors (Lipinski definition) is 2. The van der Waals surface area contributed by atoms with E-state index in [1.54, 1.807) is 10.6 Å². The smallest absolute Gasteiger partial charge is 0.323 e. The highest BCUT2D eigenvalue weighted by molar-refractivity contribution is 5.94. The van der Waals surface area contributed by atoms with Crippen molar-refractivity contribution in [3.05, 3.63) is 71.4 Å². The van der Waals surface area contributed by atoms with Crippen molar-refractivity contribution in [3.63, 3.8) is 0 Å². The summed E-state index contributed by atoms with van der Waals surface area (Å²) >= 11 is 0. The van der Waals surface area contributed by atoms with E-state index in [2.05, 4.69) is 15.3 Å². The van der Waals surface area contributed by atoms with E-state index >= 15 is 0 Å². The van der Waals surface area contributed by atoms with Crippen LogP contribution in [0.3, 0.4) is 0 Å². The fraction of sp³-hybridized carbons (Fsp3) is 0.308. The van der Waals surface area contributed by atoms with Gasteiger partial charge in [0.25, 0.3) is 5.91 Å². The van der Waals surface area contributed by atoms with Crippen molar-refractivity contribution < 1.29 is 19.1 Å². The van der Waals surface area contributed by atoms with E-state index in [0.29, 0.717) is 11.2 Å². The second kappa shape index (κ2) is 10.00. The van der Waals surface area contributed by atoms with Crippen molar-refractivity contribution >= 4 is 46.2 Å². The topological polar surface area (TPSA) is 97.1 Å². The van der Waals surface area contributed by atoms with Crippen LogP contribution in [-0.2, 0) is 11.3 Å². The van der Waals surface area contributed by atoms with Gasteiger partial charge >= 0.3 is 5.97 Å². The molecule has 2 heterocycles. The van der Waals surface area contributed by atoms with Crippen LogP contribution in [0.5, 0.6) is 0 Å². The van der Waals surface area contributed by atoms with Crippen LogP contribution in [0.25, 0.3) is 21.9 Å². The lowest BCUT2D eigenvalue weighted by Gasteiger charge is -2.29. The third-order valence-corrected chi connectivity index (χ3v) is 6.78. The van der Waals surface area contributed by atoms with Gasteiger partial charge in [-0.25, -0.2) is 9.37 Å². The van der Waals surface area contributed by atoms with Crippen molar-refractivity contribution in [1.82, 2.24) is 19.9 Å². The maximum atomic E-state index is 14.1. The molecule has 0 unspecified atom stereocenters. The molecule has 1 aliphatic rings. The van der Waals surface area contributed by atoms with E-state index in [1.165, 1.54) is 18.3 Å². The van der Waals surface area contributed by atoms with Crippen molar-refractivity contribution in [2.24, 2.45) is 0 Å². The minimum Gasteiger partial charge on any atom is -0.480 e. The Bertz CT molecular complexity index is 1410. The molecule has 0 aliphatic heterocycles. The molecule has 1 saturated carbocycles. The number of rotatable bonds is 5. The molecule has 0 radical (unpaired) electrons. The minimum atomic E-state index is -0.931. The average molecular weight is 497 g/mol. The quantitative estimate of drug-likeness (QED) is 0.405. The molecular formula is C26H26ClFN4O3. The summed E-state index contributed by atoms with van der Waals surface area (Å²) in [4.78, 5) is 32.9. The van der Waals surface area contributed by atoms with E-state index in [9.17, 15) is 19.1 Å². The zero-order valence-corrected chi connectivity index (χ0v) is 20.0. The summed E-state index contributed by atoms with van der Waals surface area (Å²) in [6.45, 7) is 1.74. The summed E-state index contributed by atoms with van der Waals surface area (Å²) in [6.07, 6.45) is 4.68. The summed E-state index contributed by atoms with van der Waals surface area (Å²) < 4.78 is 15.8. The average Bonchev–Trinajstić information content (AvgIpc) is 3.09. The zero-order chi connectivity index (χ0) is 23.8. The monoisotopic (exact) mass is 496 g/mol. The number of para-hydroxylation sites is 2. The van der Waals surface area contributed by atoms with E-state index in [-0.39, 0.29) is 42.6 Å². The van der Waals surface area contributed by atoms with E-state index in [4.69, 9.17) is 0 Å². The molecule has 1 amide bonds. The fourth-order valence-electron chi connectivity index (χ4n) is 5.19. The molecular weight excluding hydrogens is 471 g/mol. The Labute approximate surface area is 207 Å². The predicted molar refractivity (Wildman–Crippen MR) is 134 cm³/mol. The van der Waals surface area contributed by atoms with E-state index in [1.807, 2.05) is 31.2 Å². The molecule has 0 atom stereocenters. The number of nitrogens with one attached hydrogen (secondary N) is 1. The number of benzene rings is 2. The molecule has 9 heteroatoms. The minimum absolute atomic E-state index is 0. The van der Waals surface area contributed by atoms with Crippen LogP contribution in [0.2, 0.25) is 0 Å². The molecule has 2 aromatic carbocycles. The maximum Gasteiger partial charge on any atom is 0.323 e. The molecule has 0 bridgehead atoms. The Kier molecular flexibility index (Phi) is 7.03. The molecule has 1 fully saturated rings. The number of fused-ring (bicyclic) bond motifs is 2. The summed E-state index contributed by atoms with van der Waals surface area (Å²) in [5, 5.41) is 13.2. The van der Waals surface area contributed by atoms with Crippen molar-refractivity contribution in [2.45, 2.75) is 51.1 Å². The number of aromatic nitrogens is 3. The van der Waals surface area contributed by atoms with Crippen LogP contribution < -0.4 is 5.32 Å². The van der Waals surface area contributed by atoms with E-state index in [0.717, 1.165) is 53.4 Å². The Balaban J connectivity index is 0.00000289. The molecule has 0 spiro atoms. The number of nitrogens with zero attached hydrogens (tertiary/aromatic N) is 3. The van der Waals surface area contributed by atoms with Crippen molar-refractivity contribution in [1.29, 1.82) is 0 Å². The second-order valence-electron chi connectivity index (χ2n) is 8.91. The molecule has 7 nitrogen and oxygen atoms in total. The van der Waals surface area contributed by atoms with Crippen LogP contribution >= 0.6 is 12.4 Å². The molecule has 5 rings (SSSR count). The van der Waals surface area contributed by atoms with Gasteiger partial charge in [0.1, 0.15) is 18.1 Å². The van der Waals surface area contributed by atoms with Crippen LogP contribution in [0, 0.1) is 12.7 Å². The van der Waals surface area contributed by atoms with Gasteiger partial charge in [-0.3, -0.25) is 14.6 Å². The summed E-state index contributed by atoms with van der Waals surface area (Å²) in [6, 6.07) is 12.0. The molecule has 2 aromatic heterocycles. The molecule has 4 aromatic rings. The highest BCUT2D eigenvalue weighted by Crippen LogP contribution is 2.40. The Morgan fingerprint density at radius 3 is 2.54 bits per heavy atom. The van der Waals surface area contributed by atoms with Gasteiger partial charge in [-0.2, -0.15) is 0 Å². The molecule has 182 valence electrons. The van der Waals surface area contributed by atoms with Gasteiger partial charge in [0.15, 0.2) is 0 Å². The lowest BCUT2D eigenvalue weighted by Crippen LogP contribution is -2.37. The van der Waals surface area contributed by atoms with E-state index < -0.39 is 5.97 Å². The zero-order valence-electron chi connectivity index (χ0n) is 19.2. The third kappa shape index (κ3) is 4.84. The first-order chi connectivity index (χ1) is 16.4. The number of aliphatic carboxylic acids is 1. The normalized spacial score (nSPS) is 17.8. The van der Waals surface area contributed by atoms with Gasteiger partial charge in [0.2, 0.25) is 0 Å². The highest BCUT2D eigenvalue weighted by atomic mass is 35.5.